The third kappa shape index (κ3) is 4.65. The zero-order valence-corrected chi connectivity index (χ0v) is 10.1. The molecule has 0 aromatic heterocycles. The van der Waals surface area contributed by atoms with Gasteiger partial charge in [-0.3, -0.25) is 4.79 Å². The summed E-state index contributed by atoms with van der Waals surface area (Å²) in [6, 6.07) is 0. The Kier molecular flexibility index (Phi) is 4.58. The van der Waals surface area contributed by atoms with Crippen molar-refractivity contribution in [3.05, 3.63) is 0 Å². The molecule has 0 spiro atoms. The summed E-state index contributed by atoms with van der Waals surface area (Å²) in [5.74, 6) is -0.110. The molecule has 0 aromatic rings. The molecule has 0 amide bonds. The van der Waals surface area contributed by atoms with Gasteiger partial charge in [0.05, 0.1) is 6.54 Å². The minimum absolute atomic E-state index is 0.110. The lowest BCUT2D eigenvalue weighted by Crippen LogP contribution is -2.32. The van der Waals surface area contributed by atoms with E-state index in [4.69, 9.17) is 4.74 Å². The van der Waals surface area contributed by atoms with Crippen molar-refractivity contribution in [1.82, 2.24) is 5.32 Å². The molecular formula is C12H23NO2. The van der Waals surface area contributed by atoms with Crippen molar-refractivity contribution >= 4 is 5.97 Å². The number of carbonyl (C=O) groups is 1. The monoisotopic (exact) mass is 213 g/mol. The minimum atomic E-state index is -0.110. The summed E-state index contributed by atoms with van der Waals surface area (Å²) in [6.07, 6.45) is 4.51. The maximum absolute atomic E-state index is 11.3. The second-order valence-electron chi connectivity index (χ2n) is 5.13. The van der Waals surface area contributed by atoms with Gasteiger partial charge in [0.2, 0.25) is 0 Å². The van der Waals surface area contributed by atoms with Crippen molar-refractivity contribution in [1.29, 1.82) is 0 Å². The van der Waals surface area contributed by atoms with Crippen LogP contribution in [0.1, 0.15) is 46.5 Å². The summed E-state index contributed by atoms with van der Waals surface area (Å²) >= 11 is 0. The van der Waals surface area contributed by atoms with E-state index in [2.05, 4.69) is 19.2 Å². The number of nitrogens with one attached hydrogen (secondary N) is 1. The topological polar surface area (TPSA) is 38.3 Å². The first-order valence-electron chi connectivity index (χ1n) is 5.94. The molecule has 3 heteroatoms. The molecule has 0 radical (unpaired) electrons. The predicted octanol–water partition coefficient (Wildman–Crippen LogP) is 2.11. The minimum Gasteiger partial charge on any atom is -0.461 e. The normalized spacial score (nSPS) is 21.3. The van der Waals surface area contributed by atoms with E-state index in [1.54, 1.807) is 0 Å². The maximum atomic E-state index is 11.3. The number of hydrogen-bond donors (Lipinski definition) is 1. The number of carbonyl (C=O) groups excluding carboxylic acids is 1. The quantitative estimate of drug-likeness (QED) is 0.727. The molecule has 0 atom stereocenters. The summed E-state index contributed by atoms with van der Waals surface area (Å²) in [7, 11) is 0. The molecule has 0 heterocycles. The second kappa shape index (κ2) is 5.50. The molecule has 0 aromatic carbocycles. The van der Waals surface area contributed by atoms with Crippen LogP contribution in [0.5, 0.6) is 0 Å². The lowest BCUT2D eigenvalue weighted by atomic mass is 9.76. The first-order valence-corrected chi connectivity index (χ1v) is 5.94. The van der Waals surface area contributed by atoms with E-state index in [9.17, 15) is 4.79 Å². The first-order chi connectivity index (χ1) is 7.03. The van der Waals surface area contributed by atoms with E-state index < -0.39 is 0 Å². The van der Waals surface area contributed by atoms with Gasteiger partial charge in [0.15, 0.2) is 0 Å². The third-order valence-corrected chi connectivity index (χ3v) is 3.10. The van der Waals surface area contributed by atoms with Crippen molar-refractivity contribution in [2.45, 2.75) is 52.6 Å². The predicted molar refractivity (Wildman–Crippen MR) is 60.7 cm³/mol. The van der Waals surface area contributed by atoms with Gasteiger partial charge in [0.25, 0.3) is 0 Å². The van der Waals surface area contributed by atoms with Crippen LogP contribution in [0.3, 0.4) is 0 Å². The molecule has 1 rings (SSSR count). The first kappa shape index (κ1) is 12.5. The highest BCUT2D eigenvalue weighted by Crippen LogP contribution is 2.36. The van der Waals surface area contributed by atoms with E-state index in [-0.39, 0.29) is 12.1 Å². The Bertz CT molecular complexity index is 204. The van der Waals surface area contributed by atoms with Gasteiger partial charge in [0, 0.05) is 0 Å². The van der Waals surface area contributed by atoms with Crippen LogP contribution in [0.2, 0.25) is 0 Å². The van der Waals surface area contributed by atoms with E-state index in [0.29, 0.717) is 12.0 Å². The smallest absolute Gasteiger partial charge is 0.320 e. The molecule has 1 aliphatic carbocycles. The largest absolute Gasteiger partial charge is 0.461 e. The van der Waals surface area contributed by atoms with Gasteiger partial charge in [-0.25, -0.2) is 0 Å². The number of hydrogen-bond acceptors (Lipinski definition) is 3. The van der Waals surface area contributed by atoms with Gasteiger partial charge >= 0.3 is 5.97 Å². The molecule has 0 unspecified atom stereocenters. The molecule has 1 saturated carbocycles. The molecule has 15 heavy (non-hydrogen) atoms. The lowest BCUT2D eigenvalue weighted by Gasteiger charge is -2.33. The Morgan fingerprint density at radius 2 is 2.00 bits per heavy atom. The van der Waals surface area contributed by atoms with Gasteiger partial charge < -0.3 is 10.1 Å². The van der Waals surface area contributed by atoms with E-state index in [0.717, 1.165) is 32.2 Å². The summed E-state index contributed by atoms with van der Waals surface area (Å²) in [5, 5.41) is 2.98. The Morgan fingerprint density at radius 1 is 1.40 bits per heavy atom. The van der Waals surface area contributed by atoms with E-state index in [1.165, 1.54) is 0 Å². The van der Waals surface area contributed by atoms with Crippen LogP contribution in [0.4, 0.5) is 0 Å². The fourth-order valence-electron chi connectivity index (χ4n) is 1.95. The second-order valence-corrected chi connectivity index (χ2v) is 5.13. The van der Waals surface area contributed by atoms with Crippen molar-refractivity contribution in [2.75, 3.05) is 13.1 Å². The molecule has 1 fully saturated rings. The van der Waals surface area contributed by atoms with Gasteiger partial charge in [0.1, 0.15) is 6.10 Å². The SMILES string of the molecule is CCNCC(=O)OC1CCC(C)(C)CC1. The summed E-state index contributed by atoms with van der Waals surface area (Å²) in [6.45, 7) is 7.70. The van der Waals surface area contributed by atoms with Gasteiger partial charge in [-0.15, -0.1) is 0 Å². The van der Waals surface area contributed by atoms with Crippen molar-refractivity contribution in [2.24, 2.45) is 5.41 Å². The molecule has 0 bridgehead atoms. The molecule has 3 nitrogen and oxygen atoms in total. The Morgan fingerprint density at radius 3 is 2.53 bits per heavy atom. The van der Waals surface area contributed by atoms with Gasteiger partial charge in [-0.05, 0) is 37.6 Å². The molecule has 0 saturated heterocycles. The number of rotatable bonds is 4. The fraction of sp³-hybridized carbons (Fsp3) is 0.917. The average molecular weight is 213 g/mol. The molecule has 88 valence electrons. The number of likely N-dealkylation sites (N-methyl/N-ethyl adjacent to an activating group) is 1. The molecule has 0 aliphatic heterocycles. The summed E-state index contributed by atoms with van der Waals surface area (Å²) in [4.78, 5) is 11.3. The van der Waals surface area contributed by atoms with E-state index >= 15 is 0 Å². The van der Waals surface area contributed by atoms with Gasteiger partial charge in [-0.2, -0.15) is 0 Å². The Hall–Kier alpha value is -0.570. The van der Waals surface area contributed by atoms with Crippen LogP contribution in [-0.2, 0) is 9.53 Å². The lowest BCUT2D eigenvalue weighted by molar-refractivity contribution is -0.150. The zero-order chi connectivity index (χ0) is 11.3. The van der Waals surface area contributed by atoms with Crippen LogP contribution >= 0.6 is 0 Å². The van der Waals surface area contributed by atoms with Crippen LogP contribution < -0.4 is 5.32 Å². The van der Waals surface area contributed by atoms with Crippen molar-refractivity contribution < 1.29 is 9.53 Å². The highest BCUT2D eigenvalue weighted by molar-refractivity contribution is 5.71. The summed E-state index contributed by atoms with van der Waals surface area (Å²) < 4.78 is 5.39. The Labute approximate surface area is 92.6 Å². The molecular weight excluding hydrogens is 190 g/mol. The Balaban J connectivity index is 2.21. The average Bonchev–Trinajstić information content (AvgIpc) is 2.18. The number of esters is 1. The highest BCUT2D eigenvalue weighted by Gasteiger charge is 2.28. The van der Waals surface area contributed by atoms with Crippen LogP contribution in [-0.4, -0.2) is 25.2 Å². The van der Waals surface area contributed by atoms with Crippen molar-refractivity contribution in [3.8, 4) is 0 Å². The summed E-state index contributed by atoms with van der Waals surface area (Å²) in [5.41, 5.74) is 0.435. The molecule has 1 N–H and O–H groups in total. The zero-order valence-electron chi connectivity index (χ0n) is 10.1. The van der Waals surface area contributed by atoms with Crippen molar-refractivity contribution in [3.63, 3.8) is 0 Å². The number of ether oxygens (including phenoxy) is 1. The van der Waals surface area contributed by atoms with Gasteiger partial charge in [-0.1, -0.05) is 20.8 Å². The maximum Gasteiger partial charge on any atom is 0.320 e. The highest BCUT2D eigenvalue weighted by atomic mass is 16.5. The van der Waals surface area contributed by atoms with E-state index in [1.807, 2.05) is 6.92 Å². The fourth-order valence-corrected chi connectivity index (χ4v) is 1.95. The standard InChI is InChI=1S/C12H23NO2/c1-4-13-9-11(14)15-10-5-7-12(2,3)8-6-10/h10,13H,4-9H2,1-3H3. The van der Waals surface area contributed by atoms with Crippen LogP contribution in [0.15, 0.2) is 0 Å². The third-order valence-electron chi connectivity index (χ3n) is 3.10. The van der Waals surface area contributed by atoms with Crippen LogP contribution in [0, 0.1) is 5.41 Å². The molecule has 1 aliphatic rings. The van der Waals surface area contributed by atoms with Crippen LogP contribution in [0.25, 0.3) is 0 Å².